The third-order valence-electron chi connectivity index (χ3n) is 5.66. The van der Waals surface area contributed by atoms with Gasteiger partial charge < -0.3 is 15.2 Å². The lowest BCUT2D eigenvalue weighted by molar-refractivity contribution is -0.104. The number of carbonyl (C=O) groups excluding carboxylic acids is 1. The van der Waals surface area contributed by atoms with Crippen molar-refractivity contribution in [2.24, 2.45) is 0 Å². The summed E-state index contributed by atoms with van der Waals surface area (Å²) in [6.07, 6.45) is 5.16. The highest BCUT2D eigenvalue weighted by Gasteiger charge is 2.26. The van der Waals surface area contributed by atoms with Crippen LogP contribution in [0.15, 0.2) is 73.1 Å². The monoisotopic (exact) mass is 456 g/mol. The molecule has 0 amide bonds. The summed E-state index contributed by atoms with van der Waals surface area (Å²) in [5, 5.41) is 5.57. The number of anilines is 1. The Labute approximate surface area is 196 Å². The highest BCUT2D eigenvalue weighted by molar-refractivity contribution is 5.98. The fourth-order valence-corrected chi connectivity index (χ4v) is 4.03. The van der Waals surface area contributed by atoms with Gasteiger partial charge in [0.2, 0.25) is 0 Å². The van der Waals surface area contributed by atoms with Crippen molar-refractivity contribution in [2.45, 2.75) is 6.17 Å². The van der Waals surface area contributed by atoms with E-state index in [1.165, 1.54) is 12.4 Å². The Morgan fingerprint density at radius 1 is 1.00 bits per heavy atom. The number of para-hydroxylation sites is 1. The average molecular weight is 457 g/mol. The summed E-state index contributed by atoms with van der Waals surface area (Å²) in [6, 6.07) is 17.2. The normalized spacial score (nSPS) is 15.5. The summed E-state index contributed by atoms with van der Waals surface area (Å²) >= 11 is 0. The highest BCUT2D eigenvalue weighted by Crippen LogP contribution is 2.34. The molecule has 1 fully saturated rings. The van der Waals surface area contributed by atoms with Gasteiger partial charge in [-0.15, -0.1) is 0 Å². The van der Waals surface area contributed by atoms with Gasteiger partial charge in [0.1, 0.15) is 41.8 Å². The number of aldehydes is 1. The first-order chi connectivity index (χ1) is 16.7. The first kappa shape index (κ1) is 21.7. The van der Waals surface area contributed by atoms with Crippen LogP contribution in [0, 0.1) is 0 Å². The molecule has 1 aliphatic rings. The Kier molecular flexibility index (Phi) is 6.28. The number of hydrogen-bond donors (Lipinski definition) is 1. The summed E-state index contributed by atoms with van der Waals surface area (Å²) in [5.74, 6) is 1.82. The predicted molar refractivity (Wildman–Crippen MR) is 128 cm³/mol. The Morgan fingerprint density at radius 3 is 2.47 bits per heavy atom. The minimum Gasteiger partial charge on any atom is -0.457 e. The third-order valence-corrected chi connectivity index (χ3v) is 5.66. The van der Waals surface area contributed by atoms with E-state index in [0.29, 0.717) is 54.6 Å². The number of hydrogen-bond acceptors (Lipinski definition) is 8. The molecule has 34 heavy (non-hydrogen) atoms. The maximum Gasteiger partial charge on any atom is 0.165 e. The lowest BCUT2D eigenvalue weighted by Gasteiger charge is -2.32. The van der Waals surface area contributed by atoms with Crippen molar-refractivity contribution in [3.63, 3.8) is 0 Å². The van der Waals surface area contributed by atoms with E-state index in [-0.39, 0.29) is 6.17 Å². The fraction of sp³-hybridized carbons (Fsp3) is 0.200. The minimum absolute atomic E-state index is 0.319. The maximum absolute atomic E-state index is 11.1. The van der Waals surface area contributed by atoms with Crippen LogP contribution in [0.3, 0.4) is 0 Å². The molecule has 0 spiro atoms. The van der Waals surface area contributed by atoms with Crippen molar-refractivity contribution >= 4 is 23.1 Å². The number of aromatic nitrogens is 4. The van der Waals surface area contributed by atoms with Crippen LogP contribution < -0.4 is 10.5 Å². The number of ether oxygens (including phenoxy) is 2. The minimum atomic E-state index is -0.319. The van der Waals surface area contributed by atoms with E-state index < -0.39 is 0 Å². The van der Waals surface area contributed by atoms with Crippen LogP contribution in [0.4, 0.5) is 5.82 Å². The van der Waals surface area contributed by atoms with Gasteiger partial charge in [-0.25, -0.2) is 14.6 Å². The van der Waals surface area contributed by atoms with E-state index in [4.69, 9.17) is 20.3 Å². The Bertz CT molecular complexity index is 1300. The van der Waals surface area contributed by atoms with E-state index in [0.717, 1.165) is 17.6 Å². The van der Waals surface area contributed by atoms with Gasteiger partial charge in [-0.1, -0.05) is 18.2 Å². The number of carbonyl (C=O) groups is 1. The Balaban J connectivity index is 1.55. The first-order valence-electron chi connectivity index (χ1n) is 11.0. The molecule has 4 aromatic rings. The lowest BCUT2D eigenvalue weighted by atomic mass is 10.1. The van der Waals surface area contributed by atoms with Gasteiger partial charge in [0.25, 0.3) is 0 Å². The second kappa shape index (κ2) is 9.82. The number of allylic oxidation sites excluding steroid dienone is 1. The molecule has 0 radical (unpaired) electrons. The number of nitrogen functional groups attached to an aromatic ring is 1. The second-order valence-corrected chi connectivity index (χ2v) is 7.77. The molecule has 2 aromatic heterocycles. The molecule has 1 unspecified atom stereocenters. The SMILES string of the molecule is Nc1ncnc2c1c(-c1ccc(Oc3ccccc3)cc1)nn2C(C=CC=O)N1CCOCC1. The van der Waals surface area contributed by atoms with Crippen LogP contribution in [0.5, 0.6) is 11.5 Å². The standard InChI is InChI=1S/C25H24N6O3/c26-24-22-23(18-8-10-20(11-9-18)34-19-5-2-1-3-6-19)29-31(25(22)28-17-27-24)21(7-4-14-32)30-12-15-33-16-13-30/h1-11,14,17,21H,12-13,15-16H2,(H2,26,27,28). The molecule has 5 rings (SSSR count). The lowest BCUT2D eigenvalue weighted by Crippen LogP contribution is -2.41. The molecule has 1 saturated heterocycles. The molecule has 0 bridgehead atoms. The van der Waals surface area contributed by atoms with Crippen LogP contribution in [-0.4, -0.2) is 57.2 Å². The highest BCUT2D eigenvalue weighted by atomic mass is 16.5. The topological polar surface area (TPSA) is 108 Å². The molecule has 2 aromatic carbocycles. The summed E-state index contributed by atoms with van der Waals surface area (Å²) in [4.78, 5) is 22.0. The quantitative estimate of drug-likeness (QED) is 0.333. The first-order valence-corrected chi connectivity index (χ1v) is 11.0. The van der Waals surface area contributed by atoms with Crippen LogP contribution >= 0.6 is 0 Å². The molecule has 3 heterocycles. The molecule has 1 atom stereocenters. The van der Waals surface area contributed by atoms with Crippen LogP contribution in [0.2, 0.25) is 0 Å². The van der Waals surface area contributed by atoms with Gasteiger partial charge in [-0.3, -0.25) is 9.69 Å². The van der Waals surface area contributed by atoms with E-state index in [1.54, 1.807) is 4.68 Å². The largest absolute Gasteiger partial charge is 0.457 e. The number of rotatable bonds is 7. The molecule has 2 N–H and O–H groups in total. The van der Waals surface area contributed by atoms with Crippen molar-refractivity contribution in [3.05, 3.63) is 73.1 Å². The zero-order valence-corrected chi connectivity index (χ0v) is 18.4. The van der Waals surface area contributed by atoms with E-state index >= 15 is 0 Å². The van der Waals surface area contributed by atoms with Crippen LogP contribution in [-0.2, 0) is 9.53 Å². The van der Waals surface area contributed by atoms with Gasteiger partial charge in [-0.05, 0) is 48.6 Å². The maximum atomic E-state index is 11.1. The number of morpholine rings is 1. The Hall–Kier alpha value is -4.08. The number of nitrogens with two attached hydrogens (primary N) is 1. The van der Waals surface area contributed by atoms with E-state index in [9.17, 15) is 4.79 Å². The van der Waals surface area contributed by atoms with Gasteiger partial charge in [0, 0.05) is 18.7 Å². The fourth-order valence-electron chi connectivity index (χ4n) is 4.03. The zero-order chi connectivity index (χ0) is 23.3. The zero-order valence-electron chi connectivity index (χ0n) is 18.4. The number of benzene rings is 2. The van der Waals surface area contributed by atoms with Gasteiger partial charge in [0.05, 0.1) is 18.6 Å². The van der Waals surface area contributed by atoms with Gasteiger partial charge in [-0.2, -0.15) is 5.10 Å². The van der Waals surface area contributed by atoms with Crippen LogP contribution in [0.25, 0.3) is 22.3 Å². The second-order valence-electron chi connectivity index (χ2n) is 7.77. The third kappa shape index (κ3) is 4.39. The molecular formula is C25H24N6O3. The van der Waals surface area contributed by atoms with Crippen molar-refractivity contribution < 1.29 is 14.3 Å². The summed E-state index contributed by atoms with van der Waals surface area (Å²) in [5.41, 5.74) is 8.39. The van der Waals surface area contributed by atoms with Gasteiger partial charge >= 0.3 is 0 Å². The van der Waals surface area contributed by atoms with Crippen molar-refractivity contribution in [3.8, 4) is 22.8 Å². The smallest absolute Gasteiger partial charge is 0.165 e. The molecular weight excluding hydrogens is 432 g/mol. The van der Waals surface area contributed by atoms with Gasteiger partial charge in [0.15, 0.2) is 5.65 Å². The Morgan fingerprint density at radius 2 is 1.74 bits per heavy atom. The summed E-state index contributed by atoms with van der Waals surface area (Å²) in [7, 11) is 0. The van der Waals surface area contributed by atoms with Crippen molar-refractivity contribution in [1.29, 1.82) is 0 Å². The van der Waals surface area contributed by atoms with Crippen molar-refractivity contribution in [1.82, 2.24) is 24.6 Å². The molecule has 172 valence electrons. The van der Waals surface area contributed by atoms with E-state index in [2.05, 4.69) is 14.9 Å². The molecule has 9 nitrogen and oxygen atoms in total. The molecule has 9 heteroatoms. The number of fused-ring (bicyclic) bond motifs is 1. The summed E-state index contributed by atoms with van der Waals surface area (Å²) in [6.45, 7) is 2.63. The van der Waals surface area contributed by atoms with Crippen molar-refractivity contribution in [2.75, 3.05) is 32.0 Å². The molecule has 1 aliphatic heterocycles. The average Bonchev–Trinajstić information content (AvgIpc) is 3.27. The molecule has 0 saturated carbocycles. The molecule has 0 aliphatic carbocycles. The summed E-state index contributed by atoms with van der Waals surface area (Å²) < 4.78 is 13.2. The predicted octanol–water partition coefficient (Wildman–Crippen LogP) is 3.45. The number of nitrogens with zero attached hydrogens (tertiary/aromatic N) is 5. The van der Waals surface area contributed by atoms with Crippen LogP contribution in [0.1, 0.15) is 6.17 Å². The van der Waals surface area contributed by atoms with E-state index in [1.807, 2.05) is 60.7 Å².